The third-order valence-electron chi connectivity index (χ3n) is 5.12. The Labute approximate surface area is 171 Å². The monoisotopic (exact) mass is 392 g/mol. The summed E-state index contributed by atoms with van der Waals surface area (Å²) >= 11 is 0. The molecule has 4 nitrogen and oxygen atoms in total. The molecule has 0 aliphatic heterocycles. The molecule has 28 heavy (non-hydrogen) atoms. The van der Waals surface area contributed by atoms with Gasteiger partial charge >= 0.3 is 0 Å². The second-order valence-corrected chi connectivity index (χ2v) is 7.75. The Morgan fingerprint density at radius 1 is 1.00 bits per heavy atom. The first-order valence-electron chi connectivity index (χ1n) is 11.2. The lowest BCUT2D eigenvalue weighted by molar-refractivity contribution is -0.121. The number of carbonyl (C=O) groups excluding carboxylic acids is 1. The summed E-state index contributed by atoms with van der Waals surface area (Å²) in [6, 6.07) is 5.19. The van der Waals surface area contributed by atoms with Gasteiger partial charge in [0.05, 0.1) is 12.7 Å². The molecule has 0 aliphatic carbocycles. The number of ether oxygens (including phenoxy) is 1. The highest BCUT2D eigenvalue weighted by atomic mass is 16.5. The highest BCUT2D eigenvalue weighted by Gasteiger charge is 2.12. The van der Waals surface area contributed by atoms with Gasteiger partial charge < -0.3 is 14.9 Å². The van der Waals surface area contributed by atoms with Crippen molar-refractivity contribution in [3.63, 3.8) is 0 Å². The molecule has 0 radical (unpaired) electrons. The summed E-state index contributed by atoms with van der Waals surface area (Å²) in [7, 11) is 0. The third kappa shape index (κ3) is 11.3. The predicted molar refractivity (Wildman–Crippen MR) is 115 cm³/mol. The molecule has 160 valence electrons. The largest absolute Gasteiger partial charge is 0.504 e. The summed E-state index contributed by atoms with van der Waals surface area (Å²) in [6.45, 7) is 4.59. The number of aryl methyl sites for hydroxylation is 1. The van der Waals surface area contributed by atoms with Crippen LogP contribution in [0.4, 0.5) is 0 Å². The zero-order valence-electron chi connectivity index (χ0n) is 17.9. The normalized spacial score (nSPS) is 12.1. The van der Waals surface area contributed by atoms with Gasteiger partial charge in [-0.05, 0) is 37.5 Å². The molecule has 4 heteroatoms. The van der Waals surface area contributed by atoms with E-state index in [1.165, 1.54) is 44.9 Å². The lowest BCUT2D eigenvalue weighted by atomic mass is 10.00. The molecule has 0 aromatic heterocycles. The fourth-order valence-electron chi connectivity index (χ4n) is 3.43. The summed E-state index contributed by atoms with van der Waals surface area (Å²) in [5, 5.41) is 19.8. The minimum absolute atomic E-state index is 0.0921. The molecule has 0 heterocycles. The van der Waals surface area contributed by atoms with Gasteiger partial charge in [-0.15, -0.1) is 0 Å². The van der Waals surface area contributed by atoms with Crippen LogP contribution in [0.15, 0.2) is 18.2 Å². The van der Waals surface area contributed by atoms with Crippen LogP contribution in [-0.2, 0) is 11.2 Å². The van der Waals surface area contributed by atoms with E-state index < -0.39 is 6.10 Å². The van der Waals surface area contributed by atoms with Crippen LogP contribution in [0.25, 0.3) is 0 Å². The number of aliphatic hydroxyl groups is 1. The van der Waals surface area contributed by atoms with Crippen LogP contribution in [-0.4, -0.2) is 28.7 Å². The van der Waals surface area contributed by atoms with Crippen LogP contribution >= 0.6 is 0 Å². The molecular formula is C24H40O4. The van der Waals surface area contributed by atoms with Crippen molar-refractivity contribution in [2.75, 3.05) is 6.61 Å². The van der Waals surface area contributed by atoms with Crippen LogP contribution in [0.2, 0.25) is 0 Å². The maximum Gasteiger partial charge on any atom is 0.161 e. The van der Waals surface area contributed by atoms with Crippen LogP contribution < -0.4 is 4.74 Å². The van der Waals surface area contributed by atoms with Gasteiger partial charge in [-0.1, -0.05) is 70.8 Å². The number of aromatic hydroxyl groups is 1. The maximum atomic E-state index is 12.1. The van der Waals surface area contributed by atoms with Crippen LogP contribution in [0.3, 0.4) is 0 Å². The van der Waals surface area contributed by atoms with Crippen molar-refractivity contribution in [1.82, 2.24) is 0 Å². The quantitative estimate of drug-likeness (QED) is 0.321. The first-order chi connectivity index (χ1) is 13.6. The molecule has 1 rings (SSSR count). The van der Waals surface area contributed by atoms with Gasteiger partial charge in [0.1, 0.15) is 5.78 Å². The fourth-order valence-corrected chi connectivity index (χ4v) is 3.43. The topological polar surface area (TPSA) is 66.8 Å². The molecule has 0 spiro atoms. The fraction of sp³-hybridized carbons (Fsp3) is 0.708. The number of phenols is 1. The van der Waals surface area contributed by atoms with Gasteiger partial charge in [-0.3, -0.25) is 4.79 Å². The van der Waals surface area contributed by atoms with E-state index >= 15 is 0 Å². The molecule has 0 aliphatic rings. The van der Waals surface area contributed by atoms with E-state index in [1.807, 2.05) is 13.0 Å². The predicted octanol–water partition coefficient (Wildman–Crippen LogP) is 5.96. The van der Waals surface area contributed by atoms with Crippen molar-refractivity contribution in [1.29, 1.82) is 0 Å². The number of phenolic OH excluding ortho intramolecular Hbond substituents is 1. The summed E-state index contributed by atoms with van der Waals surface area (Å²) in [4.78, 5) is 12.1. The Morgan fingerprint density at radius 2 is 1.64 bits per heavy atom. The number of unbranched alkanes of at least 4 members (excludes halogenated alkanes) is 8. The van der Waals surface area contributed by atoms with Crippen LogP contribution in [0.1, 0.15) is 96.5 Å². The average molecular weight is 393 g/mol. The summed E-state index contributed by atoms with van der Waals surface area (Å²) < 4.78 is 5.37. The molecule has 2 N–H and O–H groups in total. The minimum Gasteiger partial charge on any atom is -0.504 e. The van der Waals surface area contributed by atoms with Gasteiger partial charge in [0.2, 0.25) is 0 Å². The Kier molecular flexibility index (Phi) is 13.5. The molecule has 1 unspecified atom stereocenters. The van der Waals surface area contributed by atoms with Gasteiger partial charge in [-0.25, -0.2) is 0 Å². The van der Waals surface area contributed by atoms with E-state index in [1.54, 1.807) is 12.1 Å². The Balaban J connectivity index is 2.12. The SMILES string of the molecule is CCCCCCCCCCCC(O)CC(=O)CCc1ccc(O)c(OCC)c1. The maximum absolute atomic E-state index is 12.1. The van der Waals surface area contributed by atoms with E-state index in [0.717, 1.165) is 24.8 Å². The molecule has 0 bridgehead atoms. The van der Waals surface area contributed by atoms with Crippen molar-refractivity contribution in [3.05, 3.63) is 23.8 Å². The van der Waals surface area contributed by atoms with Crippen molar-refractivity contribution < 1.29 is 19.7 Å². The zero-order chi connectivity index (χ0) is 20.6. The summed E-state index contributed by atoms with van der Waals surface area (Å²) in [6.07, 6.45) is 12.8. The average Bonchev–Trinajstić information content (AvgIpc) is 2.67. The Morgan fingerprint density at radius 3 is 2.29 bits per heavy atom. The lowest BCUT2D eigenvalue weighted by Crippen LogP contribution is -2.14. The van der Waals surface area contributed by atoms with E-state index in [9.17, 15) is 15.0 Å². The number of hydrogen-bond donors (Lipinski definition) is 2. The molecule has 0 saturated heterocycles. The standard InChI is InChI=1S/C24H40O4/c1-3-5-6-7-8-9-10-11-12-13-21(25)19-22(26)16-14-20-15-17-23(27)24(18-20)28-4-2/h15,17-18,21,25,27H,3-14,16,19H2,1-2H3. The second kappa shape index (κ2) is 15.4. The van der Waals surface area contributed by atoms with Gasteiger partial charge in [0.25, 0.3) is 0 Å². The van der Waals surface area contributed by atoms with Gasteiger partial charge in [0, 0.05) is 12.8 Å². The molecule has 0 fully saturated rings. The van der Waals surface area contributed by atoms with Crippen molar-refractivity contribution >= 4 is 5.78 Å². The van der Waals surface area contributed by atoms with E-state index in [0.29, 0.717) is 25.2 Å². The van der Waals surface area contributed by atoms with E-state index in [-0.39, 0.29) is 18.0 Å². The van der Waals surface area contributed by atoms with Crippen molar-refractivity contribution in [3.8, 4) is 11.5 Å². The number of hydrogen-bond acceptors (Lipinski definition) is 4. The molecular weight excluding hydrogens is 352 g/mol. The molecule has 1 atom stereocenters. The van der Waals surface area contributed by atoms with Gasteiger partial charge in [0.15, 0.2) is 11.5 Å². The second-order valence-electron chi connectivity index (χ2n) is 7.75. The van der Waals surface area contributed by atoms with E-state index in [2.05, 4.69) is 6.92 Å². The molecule has 0 saturated carbocycles. The lowest BCUT2D eigenvalue weighted by Gasteiger charge is -2.11. The Bertz CT molecular complexity index is 541. The molecule has 1 aromatic carbocycles. The number of ketones is 1. The summed E-state index contributed by atoms with van der Waals surface area (Å²) in [5.74, 6) is 0.667. The molecule has 1 aromatic rings. The third-order valence-corrected chi connectivity index (χ3v) is 5.12. The number of aliphatic hydroxyl groups excluding tert-OH is 1. The first kappa shape index (κ1) is 24.5. The zero-order valence-corrected chi connectivity index (χ0v) is 17.9. The number of benzene rings is 1. The number of rotatable bonds is 17. The highest BCUT2D eigenvalue weighted by molar-refractivity contribution is 5.79. The van der Waals surface area contributed by atoms with Crippen molar-refractivity contribution in [2.24, 2.45) is 0 Å². The molecule has 0 amide bonds. The number of carbonyl (C=O) groups is 1. The minimum atomic E-state index is -0.518. The van der Waals surface area contributed by atoms with Gasteiger partial charge in [-0.2, -0.15) is 0 Å². The highest BCUT2D eigenvalue weighted by Crippen LogP contribution is 2.27. The summed E-state index contributed by atoms with van der Waals surface area (Å²) in [5.41, 5.74) is 0.961. The van der Waals surface area contributed by atoms with Crippen LogP contribution in [0, 0.1) is 0 Å². The number of Topliss-reactive ketones (excluding diaryl/α,β-unsaturated/α-hetero) is 1. The van der Waals surface area contributed by atoms with Crippen molar-refractivity contribution in [2.45, 2.75) is 103 Å². The smallest absolute Gasteiger partial charge is 0.161 e. The van der Waals surface area contributed by atoms with E-state index in [4.69, 9.17) is 4.74 Å². The Hall–Kier alpha value is -1.55. The first-order valence-corrected chi connectivity index (χ1v) is 11.2. The van der Waals surface area contributed by atoms with Crippen LogP contribution in [0.5, 0.6) is 11.5 Å².